The maximum atomic E-state index is 12.9. The maximum absolute atomic E-state index is 12.9. The number of carbonyl (C=O) groups is 1. The van der Waals surface area contributed by atoms with E-state index >= 15 is 0 Å². The third kappa shape index (κ3) is 6.24. The highest BCUT2D eigenvalue weighted by Gasteiger charge is 2.32. The van der Waals surface area contributed by atoms with Crippen molar-refractivity contribution in [3.8, 4) is 0 Å². The van der Waals surface area contributed by atoms with Crippen LogP contribution >= 0.6 is 24.8 Å². The number of nitrogens with two attached hydrogens (primary N) is 1. The number of hydrogen-bond donors (Lipinski definition) is 2. The Morgan fingerprint density at radius 3 is 2.40 bits per heavy atom. The summed E-state index contributed by atoms with van der Waals surface area (Å²) in [4.78, 5) is 14.1. The molecule has 2 rings (SSSR count). The van der Waals surface area contributed by atoms with Crippen LogP contribution in [0.2, 0.25) is 0 Å². The van der Waals surface area contributed by atoms with Crippen LogP contribution in [0.1, 0.15) is 31.2 Å². The van der Waals surface area contributed by atoms with Crippen molar-refractivity contribution in [2.45, 2.75) is 37.9 Å². The Hall–Kier alpha value is -1.18. The molecule has 1 aliphatic carbocycles. The van der Waals surface area contributed by atoms with Crippen molar-refractivity contribution in [2.75, 3.05) is 24.3 Å². The number of amides is 1. The van der Waals surface area contributed by atoms with Crippen LogP contribution < -0.4 is 16.0 Å². The number of nitrogens with zero attached hydrogens (tertiary/aromatic N) is 1. The monoisotopic (exact) mass is 401 g/mol. The lowest BCUT2D eigenvalue weighted by atomic mass is 9.85. The summed E-state index contributed by atoms with van der Waals surface area (Å²) >= 11 is 0. The summed E-state index contributed by atoms with van der Waals surface area (Å²) in [5.41, 5.74) is 5.81. The maximum Gasteiger partial charge on any atom is 0.416 e. The topological polar surface area (TPSA) is 58.4 Å². The lowest BCUT2D eigenvalue weighted by molar-refractivity contribution is -0.137. The molecule has 144 valence electrons. The average Bonchev–Trinajstić information content (AvgIpc) is 2.46. The summed E-state index contributed by atoms with van der Waals surface area (Å²) in [6.07, 6.45) is -1.41. The fraction of sp³-hybridized carbons (Fsp3) is 0.562. The van der Waals surface area contributed by atoms with Gasteiger partial charge >= 0.3 is 6.18 Å². The minimum atomic E-state index is -4.45. The Labute approximate surface area is 158 Å². The number of carbonyl (C=O) groups excluding carboxylic acids is 1. The fourth-order valence-electron chi connectivity index (χ4n) is 2.90. The van der Waals surface area contributed by atoms with E-state index in [1.165, 1.54) is 6.07 Å². The van der Waals surface area contributed by atoms with Gasteiger partial charge < -0.3 is 16.0 Å². The molecule has 1 aromatic carbocycles. The molecule has 2 unspecified atom stereocenters. The summed E-state index contributed by atoms with van der Waals surface area (Å²) in [6, 6.07) is 3.34. The van der Waals surface area contributed by atoms with Crippen molar-refractivity contribution in [1.82, 2.24) is 0 Å². The number of anilines is 2. The number of nitrogens with one attached hydrogen (secondary N) is 1. The van der Waals surface area contributed by atoms with Gasteiger partial charge in [0.1, 0.15) is 0 Å². The summed E-state index contributed by atoms with van der Waals surface area (Å²) < 4.78 is 38.7. The van der Waals surface area contributed by atoms with Gasteiger partial charge in [0, 0.05) is 26.1 Å². The molecule has 3 N–H and O–H groups in total. The van der Waals surface area contributed by atoms with Crippen LogP contribution in [0, 0.1) is 5.92 Å². The SMILES string of the molecule is CN(C)c1ccc(C(F)(F)F)cc1NC(=O)C1CCCC(N)C1.Cl.Cl. The number of benzene rings is 1. The van der Waals surface area contributed by atoms with Crippen molar-refractivity contribution >= 4 is 42.1 Å². The molecule has 0 aromatic heterocycles. The van der Waals surface area contributed by atoms with Crippen LogP contribution in [0.15, 0.2) is 18.2 Å². The minimum Gasteiger partial charge on any atom is -0.376 e. The van der Waals surface area contributed by atoms with Gasteiger partial charge in [-0.05, 0) is 37.5 Å². The molecule has 0 heterocycles. The Morgan fingerprint density at radius 1 is 1.24 bits per heavy atom. The summed E-state index contributed by atoms with van der Waals surface area (Å²) in [5, 5.41) is 2.66. The predicted octanol–water partition coefficient (Wildman–Crippen LogP) is 4.07. The molecule has 1 aliphatic rings. The molecule has 1 aromatic rings. The van der Waals surface area contributed by atoms with Crippen molar-refractivity contribution in [3.63, 3.8) is 0 Å². The van der Waals surface area contributed by atoms with Crippen molar-refractivity contribution < 1.29 is 18.0 Å². The molecule has 9 heteroatoms. The van der Waals surface area contributed by atoms with E-state index in [0.717, 1.165) is 31.4 Å². The molecule has 1 saturated carbocycles. The number of rotatable bonds is 3. The molecule has 0 radical (unpaired) electrons. The summed E-state index contributed by atoms with van der Waals surface area (Å²) in [6.45, 7) is 0. The zero-order valence-corrected chi connectivity index (χ0v) is 15.7. The van der Waals surface area contributed by atoms with Gasteiger partial charge in [-0.3, -0.25) is 4.79 Å². The second-order valence-corrected chi connectivity index (χ2v) is 6.24. The van der Waals surface area contributed by atoms with E-state index in [0.29, 0.717) is 12.1 Å². The third-order valence-corrected chi connectivity index (χ3v) is 4.15. The van der Waals surface area contributed by atoms with Gasteiger partial charge in [0.05, 0.1) is 16.9 Å². The van der Waals surface area contributed by atoms with Crippen LogP contribution in [0.25, 0.3) is 0 Å². The summed E-state index contributed by atoms with van der Waals surface area (Å²) in [5.74, 6) is -0.508. The van der Waals surface area contributed by atoms with E-state index in [2.05, 4.69) is 5.32 Å². The zero-order chi connectivity index (χ0) is 17.2. The van der Waals surface area contributed by atoms with E-state index in [1.54, 1.807) is 19.0 Å². The van der Waals surface area contributed by atoms with Crippen LogP contribution in [-0.4, -0.2) is 26.0 Å². The van der Waals surface area contributed by atoms with E-state index in [9.17, 15) is 18.0 Å². The fourth-order valence-corrected chi connectivity index (χ4v) is 2.90. The van der Waals surface area contributed by atoms with Crippen LogP contribution in [-0.2, 0) is 11.0 Å². The molecule has 1 amide bonds. The van der Waals surface area contributed by atoms with Gasteiger partial charge in [0.2, 0.25) is 5.91 Å². The normalized spacial score (nSPS) is 20.1. The second-order valence-electron chi connectivity index (χ2n) is 6.24. The van der Waals surface area contributed by atoms with Gasteiger partial charge in [0.25, 0.3) is 0 Å². The van der Waals surface area contributed by atoms with Gasteiger partial charge in [-0.15, -0.1) is 24.8 Å². The number of hydrogen-bond acceptors (Lipinski definition) is 3. The molecule has 4 nitrogen and oxygen atoms in total. The minimum absolute atomic E-state index is 0. The Kier molecular flexibility index (Phi) is 9.05. The number of halogens is 5. The molecule has 0 bridgehead atoms. The number of alkyl halides is 3. The predicted molar refractivity (Wildman–Crippen MR) is 98.8 cm³/mol. The van der Waals surface area contributed by atoms with Crippen LogP contribution in [0.4, 0.5) is 24.5 Å². The Morgan fingerprint density at radius 2 is 1.88 bits per heavy atom. The first-order valence-electron chi connectivity index (χ1n) is 7.63. The van der Waals surface area contributed by atoms with Gasteiger partial charge in [-0.1, -0.05) is 6.42 Å². The first-order chi connectivity index (χ1) is 10.7. The van der Waals surface area contributed by atoms with E-state index in [-0.39, 0.29) is 48.4 Å². The van der Waals surface area contributed by atoms with Crippen LogP contribution in [0.3, 0.4) is 0 Å². The van der Waals surface area contributed by atoms with Gasteiger partial charge in [-0.25, -0.2) is 0 Å². The smallest absolute Gasteiger partial charge is 0.376 e. The Balaban J connectivity index is 0.00000288. The van der Waals surface area contributed by atoms with Gasteiger partial charge in [-0.2, -0.15) is 13.2 Å². The molecule has 0 saturated heterocycles. The molecule has 0 aliphatic heterocycles. The summed E-state index contributed by atoms with van der Waals surface area (Å²) in [7, 11) is 3.43. The molecule has 0 spiro atoms. The lowest BCUT2D eigenvalue weighted by Gasteiger charge is -2.27. The highest BCUT2D eigenvalue weighted by molar-refractivity contribution is 5.96. The quantitative estimate of drug-likeness (QED) is 0.802. The largest absolute Gasteiger partial charge is 0.416 e. The van der Waals surface area contributed by atoms with Crippen molar-refractivity contribution in [1.29, 1.82) is 0 Å². The Bertz CT molecular complexity index is 582. The van der Waals surface area contributed by atoms with Crippen molar-refractivity contribution in [2.24, 2.45) is 11.7 Å². The second kappa shape index (κ2) is 9.50. The molecule has 2 atom stereocenters. The van der Waals surface area contributed by atoms with Crippen molar-refractivity contribution in [3.05, 3.63) is 23.8 Å². The molecular formula is C16H24Cl2F3N3O. The third-order valence-electron chi connectivity index (χ3n) is 4.15. The molecule has 1 fully saturated rings. The zero-order valence-electron chi connectivity index (χ0n) is 14.1. The van der Waals surface area contributed by atoms with Gasteiger partial charge in [0.15, 0.2) is 0 Å². The first kappa shape index (κ1) is 23.8. The average molecular weight is 402 g/mol. The van der Waals surface area contributed by atoms with E-state index < -0.39 is 11.7 Å². The standard InChI is InChI=1S/C16H22F3N3O.2ClH/c1-22(2)14-7-6-11(16(17,18)19)9-13(14)21-15(23)10-4-3-5-12(20)8-10;;/h6-7,9-10,12H,3-5,8,20H2,1-2H3,(H,21,23);2*1H. The molecule has 25 heavy (non-hydrogen) atoms. The first-order valence-corrected chi connectivity index (χ1v) is 7.63. The van der Waals surface area contributed by atoms with E-state index in [4.69, 9.17) is 5.73 Å². The highest BCUT2D eigenvalue weighted by atomic mass is 35.5. The molecular weight excluding hydrogens is 378 g/mol. The van der Waals surface area contributed by atoms with E-state index in [1.807, 2.05) is 0 Å². The highest BCUT2D eigenvalue weighted by Crippen LogP contribution is 2.35. The lowest BCUT2D eigenvalue weighted by Crippen LogP contribution is -2.34. The van der Waals surface area contributed by atoms with Crippen LogP contribution in [0.5, 0.6) is 0 Å².